The predicted octanol–water partition coefficient (Wildman–Crippen LogP) is 3.94. The highest BCUT2D eigenvalue weighted by molar-refractivity contribution is 6.30. The zero-order valence-electron chi connectivity index (χ0n) is 17.9. The van der Waals surface area contributed by atoms with Gasteiger partial charge in [0.05, 0.1) is 17.5 Å². The van der Waals surface area contributed by atoms with Gasteiger partial charge in [-0.3, -0.25) is 4.90 Å². The van der Waals surface area contributed by atoms with Crippen LogP contribution in [0.2, 0.25) is 5.15 Å². The van der Waals surface area contributed by atoms with E-state index in [4.69, 9.17) is 21.1 Å². The zero-order chi connectivity index (χ0) is 23.2. The van der Waals surface area contributed by atoms with Gasteiger partial charge in [0.2, 0.25) is 0 Å². The minimum Gasteiger partial charge on any atom is -0.461 e. The van der Waals surface area contributed by atoms with Crippen molar-refractivity contribution in [1.82, 2.24) is 19.9 Å². The topological polar surface area (TPSA) is 63.6 Å². The predicted molar refractivity (Wildman–Crippen MR) is 113 cm³/mol. The van der Waals surface area contributed by atoms with Crippen molar-refractivity contribution in [2.45, 2.75) is 43.8 Å². The largest absolute Gasteiger partial charge is 0.461 e. The zero-order valence-corrected chi connectivity index (χ0v) is 18.6. The molecule has 5 heterocycles. The van der Waals surface area contributed by atoms with Crippen molar-refractivity contribution in [3.05, 3.63) is 16.7 Å². The fourth-order valence-electron chi connectivity index (χ4n) is 5.19. The monoisotopic (exact) mass is 489 g/mol. The lowest BCUT2D eigenvalue weighted by Crippen LogP contribution is -2.43. The molecule has 0 saturated carbocycles. The van der Waals surface area contributed by atoms with Crippen LogP contribution in [0.25, 0.3) is 10.9 Å². The van der Waals surface area contributed by atoms with Crippen molar-refractivity contribution < 1.29 is 27.0 Å². The van der Waals surface area contributed by atoms with Crippen LogP contribution >= 0.6 is 11.6 Å². The molecule has 0 spiro atoms. The smallest absolute Gasteiger partial charge is 0.319 e. The minimum absolute atomic E-state index is 0.106. The second-order valence-corrected chi connectivity index (χ2v) is 9.13. The third-order valence-corrected chi connectivity index (χ3v) is 6.94. The van der Waals surface area contributed by atoms with Crippen LogP contribution in [0.3, 0.4) is 0 Å². The molecule has 7 nitrogen and oxygen atoms in total. The summed E-state index contributed by atoms with van der Waals surface area (Å²) in [4.78, 5) is 15.9. The summed E-state index contributed by atoms with van der Waals surface area (Å²) in [5.74, 6) is -0.907. The van der Waals surface area contributed by atoms with Gasteiger partial charge in [-0.1, -0.05) is 11.6 Å². The Labute approximate surface area is 193 Å². The second kappa shape index (κ2) is 8.99. The number of nitrogens with zero attached hydrogens (tertiary/aromatic N) is 5. The highest BCUT2D eigenvalue weighted by atomic mass is 35.5. The Hall–Kier alpha value is -1.98. The van der Waals surface area contributed by atoms with Gasteiger partial charge in [-0.25, -0.2) is 22.5 Å². The van der Waals surface area contributed by atoms with Crippen molar-refractivity contribution in [1.29, 1.82) is 0 Å². The van der Waals surface area contributed by atoms with Gasteiger partial charge in [0.15, 0.2) is 11.0 Å². The summed E-state index contributed by atoms with van der Waals surface area (Å²) in [6.45, 7) is 3.00. The molecule has 3 aliphatic rings. The molecule has 2 aromatic rings. The summed E-state index contributed by atoms with van der Waals surface area (Å²) in [5, 5.41) is -0.879. The third kappa shape index (κ3) is 4.19. The molecule has 0 aromatic carbocycles. The number of hydrogen-bond donors (Lipinski definition) is 0. The minimum atomic E-state index is -3.01. The first-order valence-corrected chi connectivity index (χ1v) is 11.5. The SMILES string of the molecule is Fc1c(Cl)nc(C(F)F)c2c(N3CCCOCC3)nc(OC[C@@]34CCCN3C[C@H](F)C4)nc12. The number of anilines is 1. The van der Waals surface area contributed by atoms with Crippen LogP contribution in [0.4, 0.5) is 23.4 Å². The Morgan fingerprint density at radius 1 is 1.15 bits per heavy atom. The lowest BCUT2D eigenvalue weighted by atomic mass is 9.95. The molecule has 0 radical (unpaired) electrons. The first kappa shape index (κ1) is 22.8. The Balaban J connectivity index is 1.57. The van der Waals surface area contributed by atoms with E-state index in [0.29, 0.717) is 45.7 Å². The quantitative estimate of drug-likeness (QED) is 0.465. The number of halogens is 5. The molecule has 12 heteroatoms. The van der Waals surface area contributed by atoms with Gasteiger partial charge in [-0.05, 0) is 25.8 Å². The molecular formula is C21H24ClF4N5O2. The van der Waals surface area contributed by atoms with E-state index in [1.54, 1.807) is 4.90 Å². The van der Waals surface area contributed by atoms with E-state index in [1.807, 2.05) is 0 Å². The molecule has 180 valence electrons. The number of pyridine rings is 1. The van der Waals surface area contributed by atoms with Crippen molar-refractivity contribution in [2.24, 2.45) is 0 Å². The summed E-state index contributed by atoms with van der Waals surface area (Å²) in [7, 11) is 0. The summed E-state index contributed by atoms with van der Waals surface area (Å²) in [5.41, 5.74) is -1.51. The first-order valence-electron chi connectivity index (χ1n) is 11.1. The van der Waals surface area contributed by atoms with Gasteiger partial charge in [-0.2, -0.15) is 9.97 Å². The van der Waals surface area contributed by atoms with E-state index in [1.165, 1.54) is 0 Å². The number of fused-ring (bicyclic) bond motifs is 2. The van der Waals surface area contributed by atoms with Crippen LogP contribution in [-0.4, -0.2) is 77.6 Å². The van der Waals surface area contributed by atoms with Gasteiger partial charge < -0.3 is 14.4 Å². The molecule has 0 amide bonds. The van der Waals surface area contributed by atoms with Gasteiger partial charge >= 0.3 is 6.01 Å². The maximum Gasteiger partial charge on any atom is 0.319 e. The number of rotatable bonds is 5. The third-order valence-electron chi connectivity index (χ3n) is 6.69. The highest BCUT2D eigenvalue weighted by Gasteiger charge is 2.49. The molecule has 0 aliphatic carbocycles. The number of aromatic nitrogens is 3. The molecule has 3 aliphatic heterocycles. The lowest BCUT2D eigenvalue weighted by Gasteiger charge is -2.31. The lowest BCUT2D eigenvalue weighted by molar-refractivity contribution is 0.107. The van der Waals surface area contributed by atoms with E-state index in [2.05, 4.69) is 19.9 Å². The number of alkyl halides is 3. The normalized spacial score (nSPS) is 26.2. The molecule has 5 rings (SSSR count). The van der Waals surface area contributed by atoms with E-state index in [0.717, 1.165) is 19.4 Å². The summed E-state index contributed by atoms with van der Waals surface area (Å²) >= 11 is 5.82. The average molecular weight is 490 g/mol. The van der Waals surface area contributed by atoms with Crippen LogP contribution in [0, 0.1) is 5.82 Å². The van der Waals surface area contributed by atoms with E-state index in [-0.39, 0.29) is 29.3 Å². The van der Waals surface area contributed by atoms with Crippen molar-refractivity contribution in [2.75, 3.05) is 50.9 Å². The molecule has 0 unspecified atom stereocenters. The van der Waals surface area contributed by atoms with Crippen LogP contribution in [0.15, 0.2) is 0 Å². The van der Waals surface area contributed by atoms with Crippen LogP contribution in [-0.2, 0) is 4.74 Å². The highest BCUT2D eigenvalue weighted by Crippen LogP contribution is 2.41. The first-order chi connectivity index (χ1) is 15.9. The molecule has 33 heavy (non-hydrogen) atoms. The number of hydrogen-bond acceptors (Lipinski definition) is 7. The molecule has 0 bridgehead atoms. The van der Waals surface area contributed by atoms with Gasteiger partial charge in [0, 0.05) is 32.7 Å². The van der Waals surface area contributed by atoms with Gasteiger partial charge in [-0.15, -0.1) is 0 Å². The Bertz CT molecular complexity index is 1040. The molecule has 0 N–H and O–H groups in total. The molecular weight excluding hydrogens is 466 g/mol. The molecule has 3 fully saturated rings. The standard InChI is InChI=1S/C21H24ClF4N5O2/c22-17-14(24)15-13(16(27-17)18(25)26)19(30-4-2-7-32-8-6-30)29-20(28-15)33-11-21-3-1-5-31(21)10-12(23)9-21/h12,18H,1-11H2/t12-,21+/m1/s1. The maximum absolute atomic E-state index is 15.0. The molecule has 2 aromatic heterocycles. The maximum atomic E-state index is 15.0. The van der Waals surface area contributed by atoms with Crippen molar-refractivity contribution in [3.63, 3.8) is 0 Å². The Kier molecular flexibility index (Phi) is 6.21. The Morgan fingerprint density at radius 2 is 2.00 bits per heavy atom. The van der Waals surface area contributed by atoms with E-state index >= 15 is 0 Å². The fourth-order valence-corrected chi connectivity index (χ4v) is 5.37. The van der Waals surface area contributed by atoms with Crippen molar-refractivity contribution in [3.8, 4) is 6.01 Å². The summed E-state index contributed by atoms with van der Waals surface area (Å²) in [6.07, 6.45) is -1.25. The molecule has 2 atom stereocenters. The second-order valence-electron chi connectivity index (χ2n) is 8.77. The summed E-state index contributed by atoms with van der Waals surface area (Å²) < 4.78 is 68.1. The number of ether oxygens (including phenoxy) is 2. The van der Waals surface area contributed by atoms with Crippen molar-refractivity contribution >= 4 is 28.3 Å². The summed E-state index contributed by atoms with van der Waals surface area (Å²) in [6, 6.07) is -0.160. The molecule has 3 saturated heterocycles. The van der Waals surface area contributed by atoms with Gasteiger partial charge in [0.25, 0.3) is 6.43 Å². The van der Waals surface area contributed by atoms with E-state index in [9.17, 15) is 17.6 Å². The fraction of sp³-hybridized carbons (Fsp3) is 0.667. The van der Waals surface area contributed by atoms with Crippen LogP contribution < -0.4 is 9.64 Å². The van der Waals surface area contributed by atoms with Gasteiger partial charge in [0.1, 0.15) is 29.8 Å². The average Bonchev–Trinajstić information content (AvgIpc) is 3.16. The van der Waals surface area contributed by atoms with E-state index < -0.39 is 34.8 Å². The Morgan fingerprint density at radius 3 is 2.82 bits per heavy atom. The van der Waals surface area contributed by atoms with Crippen LogP contribution in [0.1, 0.15) is 37.8 Å². The van der Waals surface area contributed by atoms with Crippen LogP contribution in [0.5, 0.6) is 6.01 Å².